The lowest BCUT2D eigenvalue weighted by atomic mass is 10.1. The lowest BCUT2D eigenvalue weighted by Crippen LogP contribution is -2.30. The van der Waals surface area contributed by atoms with Gasteiger partial charge in [-0.15, -0.1) is 0 Å². The summed E-state index contributed by atoms with van der Waals surface area (Å²) in [5.74, 6) is -2.05. The number of benzene rings is 1. The van der Waals surface area contributed by atoms with Crippen LogP contribution in [-0.2, 0) is 14.8 Å². The minimum absolute atomic E-state index is 0.403. The number of nitrogens with one attached hydrogen (secondary N) is 1. The molecule has 1 aromatic carbocycles. The van der Waals surface area contributed by atoms with Gasteiger partial charge in [-0.05, 0) is 24.6 Å². The second kappa shape index (κ2) is 5.92. The van der Waals surface area contributed by atoms with Crippen LogP contribution in [0.15, 0.2) is 24.3 Å². The fourth-order valence-electron chi connectivity index (χ4n) is 1.37. The smallest absolute Gasteiger partial charge is 0.304 e. The number of sulfonamides is 1. The van der Waals surface area contributed by atoms with E-state index in [0.717, 1.165) is 0 Å². The molecular formula is C11H14FNO4S. The Bertz CT molecular complexity index is 512. The highest BCUT2D eigenvalue weighted by Crippen LogP contribution is 2.14. The molecule has 0 aliphatic rings. The average molecular weight is 275 g/mol. The lowest BCUT2D eigenvalue weighted by molar-refractivity contribution is -0.136. The molecule has 1 rings (SSSR count). The average Bonchev–Trinajstić information content (AvgIpc) is 2.27. The van der Waals surface area contributed by atoms with Crippen molar-refractivity contribution in [3.05, 3.63) is 35.6 Å². The summed E-state index contributed by atoms with van der Waals surface area (Å²) in [5.41, 5.74) is 0.607. The molecule has 0 aromatic heterocycles. The van der Waals surface area contributed by atoms with Crippen LogP contribution in [0.25, 0.3) is 0 Å². The van der Waals surface area contributed by atoms with Crippen LogP contribution in [0.2, 0.25) is 0 Å². The Hall–Kier alpha value is -1.47. The van der Waals surface area contributed by atoms with Gasteiger partial charge in [0.15, 0.2) is 0 Å². The normalized spacial score (nSPS) is 13.2. The van der Waals surface area contributed by atoms with Crippen molar-refractivity contribution >= 4 is 16.0 Å². The van der Waals surface area contributed by atoms with E-state index in [2.05, 4.69) is 4.72 Å². The molecule has 0 fully saturated rings. The first-order valence-electron chi connectivity index (χ1n) is 5.27. The predicted molar refractivity (Wildman–Crippen MR) is 64.0 cm³/mol. The molecule has 100 valence electrons. The van der Waals surface area contributed by atoms with Crippen molar-refractivity contribution in [2.24, 2.45) is 0 Å². The van der Waals surface area contributed by atoms with Crippen LogP contribution in [0.3, 0.4) is 0 Å². The van der Waals surface area contributed by atoms with Gasteiger partial charge >= 0.3 is 5.97 Å². The largest absolute Gasteiger partial charge is 0.481 e. The predicted octanol–water partition coefficient (Wildman–Crippen LogP) is 1.28. The topological polar surface area (TPSA) is 83.5 Å². The molecule has 0 saturated carbocycles. The molecule has 5 nitrogen and oxygen atoms in total. The van der Waals surface area contributed by atoms with E-state index in [1.807, 2.05) is 0 Å². The first-order valence-corrected chi connectivity index (χ1v) is 6.92. The second-order valence-corrected chi connectivity index (χ2v) is 5.73. The van der Waals surface area contributed by atoms with Gasteiger partial charge in [0.05, 0.1) is 12.2 Å². The maximum atomic E-state index is 12.7. The van der Waals surface area contributed by atoms with Gasteiger partial charge in [-0.3, -0.25) is 4.79 Å². The summed E-state index contributed by atoms with van der Waals surface area (Å²) in [6.45, 7) is 1.60. The Kier molecular flexibility index (Phi) is 4.80. The van der Waals surface area contributed by atoms with Crippen molar-refractivity contribution in [1.82, 2.24) is 4.72 Å². The summed E-state index contributed by atoms with van der Waals surface area (Å²) in [6, 6.07) is 4.87. The summed E-state index contributed by atoms with van der Waals surface area (Å²) in [7, 11) is -3.66. The monoisotopic (exact) mass is 275 g/mol. The Morgan fingerprint density at radius 1 is 1.39 bits per heavy atom. The molecule has 1 unspecified atom stereocenters. The first-order chi connectivity index (χ1) is 8.30. The number of aliphatic carboxylic acids is 1. The molecule has 0 bridgehead atoms. The fourth-order valence-corrected chi connectivity index (χ4v) is 2.61. The molecule has 0 spiro atoms. The molecule has 0 amide bonds. The highest BCUT2D eigenvalue weighted by Gasteiger charge is 2.17. The number of carboxylic acid groups (broad SMARTS) is 1. The second-order valence-electron chi connectivity index (χ2n) is 3.85. The summed E-state index contributed by atoms with van der Waals surface area (Å²) in [4.78, 5) is 10.3. The number of rotatable bonds is 6. The SMILES string of the molecule is CC(NS(=O)(=O)CCC(=O)O)c1ccc(F)cc1. The number of carboxylic acids is 1. The number of halogens is 1. The maximum Gasteiger partial charge on any atom is 0.304 e. The molecule has 1 aromatic rings. The van der Waals surface area contributed by atoms with Crippen molar-refractivity contribution < 1.29 is 22.7 Å². The third-order valence-electron chi connectivity index (χ3n) is 2.31. The number of hydrogen-bond donors (Lipinski definition) is 2. The van der Waals surface area contributed by atoms with Crippen LogP contribution in [0, 0.1) is 5.82 Å². The maximum absolute atomic E-state index is 12.7. The summed E-state index contributed by atoms with van der Waals surface area (Å²) >= 11 is 0. The van der Waals surface area contributed by atoms with Crippen molar-refractivity contribution in [2.75, 3.05) is 5.75 Å². The molecular weight excluding hydrogens is 261 g/mol. The molecule has 0 saturated heterocycles. The van der Waals surface area contributed by atoms with Gasteiger partial charge in [0.25, 0.3) is 0 Å². The third-order valence-corrected chi connectivity index (χ3v) is 3.77. The van der Waals surface area contributed by atoms with E-state index in [1.54, 1.807) is 6.92 Å². The Morgan fingerprint density at radius 3 is 2.44 bits per heavy atom. The van der Waals surface area contributed by atoms with E-state index in [0.29, 0.717) is 5.56 Å². The van der Waals surface area contributed by atoms with Gasteiger partial charge < -0.3 is 5.11 Å². The van der Waals surface area contributed by atoms with E-state index >= 15 is 0 Å². The molecule has 0 heterocycles. The number of hydrogen-bond acceptors (Lipinski definition) is 3. The molecule has 18 heavy (non-hydrogen) atoms. The molecule has 0 aliphatic carbocycles. The van der Waals surface area contributed by atoms with Crippen LogP contribution in [0.4, 0.5) is 4.39 Å². The summed E-state index contributed by atoms with van der Waals surface area (Å²) < 4.78 is 38.1. The molecule has 2 N–H and O–H groups in total. The van der Waals surface area contributed by atoms with Gasteiger partial charge in [-0.2, -0.15) is 0 Å². The molecule has 0 aliphatic heterocycles. The molecule has 7 heteroatoms. The van der Waals surface area contributed by atoms with Crippen LogP contribution in [0.5, 0.6) is 0 Å². The Labute approximate surface area is 105 Å². The quantitative estimate of drug-likeness (QED) is 0.819. The van der Waals surface area contributed by atoms with Crippen molar-refractivity contribution in [3.8, 4) is 0 Å². The van der Waals surface area contributed by atoms with Gasteiger partial charge in [0.1, 0.15) is 5.82 Å². The number of carbonyl (C=O) groups is 1. The summed E-state index contributed by atoms with van der Waals surface area (Å²) in [6.07, 6.45) is -0.453. The van der Waals surface area contributed by atoms with E-state index in [1.165, 1.54) is 24.3 Å². The molecule has 0 radical (unpaired) electrons. The van der Waals surface area contributed by atoms with Crippen LogP contribution in [0.1, 0.15) is 24.9 Å². The van der Waals surface area contributed by atoms with Gasteiger partial charge in [0.2, 0.25) is 10.0 Å². The summed E-state index contributed by atoms with van der Waals surface area (Å²) in [5, 5.41) is 8.42. The van der Waals surface area contributed by atoms with E-state index < -0.39 is 40.0 Å². The van der Waals surface area contributed by atoms with Crippen LogP contribution >= 0.6 is 0 Å². The Morgan fingerprint density at radius 2 is 1.94 bits per heavy atom. The highest BCUT2D eigenvalue weighted by molar-refractivity contribution is 7.89. The van der Waals surface area contributed by atoms with Crippen molar-refractivity contribution in [2.45, 2.75) is 19.4 Å². The third kappa shape index (κ3) is 4.80. The van der Waals surface area contributed by atoms with E-state index in [4.69, 9.17) is 5.11 Å². The lowest BCUT2D eigenvalue weighted by Gasteiger charge is -2.14. The molecule has 1 atom stereocenters. The van der Waals surface area contributed by atoms with E-state index in [-0.39, 0.29) is 0 Å². The van der Waals surface area contributed by atoms with Crippen LogP contribution < -0.4 is 4.72 Å². The zero-order chi connectivity index (χ0) is 13.8. The minimum atomic E-state index is -3.66. The highest BCUT2D eigenvalue weighted by atomic mass is 32.2. The standard InChI is InChI=1S/C11H14FNO4S/c1-8(9-2-4-10(12)5-3-9)13-18(16,17)7-6-11(14)15/h2-5,8,13H,6-7H2,1H3,(H,14,15). The zero-order valence-electron chi connectivity index (χ0n) is 9.76. The van der Waals surface area contributed by atoms with Gasteiger partial charge in [-0.25, -0.2) is 17.5 Å². The first kappa shape index (κ1) is 14.6. The Balaban J connectivity index is 2.66. The van der Waals surface area contributed by atoms with Crippen molar-refractivity contribution in [1.29, 1.82) is 0 Å². The van der Waals surface area contributed by atoms with Crippen molar-refractivity contribution in [3.63, 3.8) is 0 Å². The minimum Gasteiger partial charge on any atom is -0.481 e. The van der Waals surface area contributed by atoms with Crippen LogP contribution in [-0.4, -0.2) is 25.2 Å². The van der Waals surface area contributed by atoms with Gasteiger partial charge in [-0.1, -0.05) is 12.1 Å². The van der Waals surface area contributed by atoms with Gasteiger partial charge in [0, 0.05) is 6.04 Å². The fraction of sp³-hybridized carbons (Fsp3) is 0.364. The van der Waals surface area contributed by atoms with E-state index in [9.17, 15) is 17.6 Å². The zero-order valence-corrected chi connectivity index (χ0v) is 10.6.